The smallest absolute Gasteiger partial charge is 0.243 e. The molecule has 41 heavy (non-hydrogen) atoms. The van der Waals surface area contributed by atoms with E-state index >= 15 is 0 Å². The van der Waals surface area contributed by atoms with Crippen molar-refractivity contribution in [2.45, 2.75) is 38.5 Å². The van der Waals surface area contributed by atoms with E-state index in [-0.39, 0.29) is 29.9 Å². The van der Waals surface area contributed by atoms with Crippen molar-refractivity contribution < 1.29 is 17.9 Å². The van der Waals surface area contributed by atoms with E-state index in [4.69, 9.17) is 21.3 Å². The quantitative estimate of drug-likeness (QED) is 0.211. The number of benzene rings is 3. The third-order valence-electron chi connectivity index (χ3n) is 6.52. The van der Waals surface area contributed by atoms with Gasteiger partial charge in [0.2, 0.25) is 21.9 Å². The van der Waals surface area contributed by atoms with Gasteiger partial charge in [0.15, 0.2) is 0 Å². The van der Waals surface area contributed by atoms with Crippen LogP contribution in [-0.2, 0) is 14.8 Å². The molecule has 0 spiro atoms. The highest BCUT2D eigenvalue weighted by Crippen LogP contribution is 2.27. The normalized spacial score (nSPS) is 11.8. The van der Waals surface area contributed by atoms with Gasteiger partial charge < -0.3 is 4.74 Å². The summed E-state index contributed by atoms with van der Waals surface area (Å²) in [7, 11) is -2.34. The molecule has 4 rings (SSSR count). The molecule has 0 aliphatic heterocycles. The van der Waals surface area contributed by atoms with Crippen molar-refractivity contribution in [2.24, 2.45) is 5.92 Å². The first-order valence-electron chi connectivity index (χ1n) is 13.4. The van der Waals surface area contributed by atoms with Gasteiger partial charge in [-0.25, -0.2) is 13.4 Å². The highest BCUT2D eigenvalue weighted by Gasteiger charge is 2.28. The van der Waals surface area contributed by atoms with Gasteiger partial charge in [0.1, 0.15) is 5.75 Å². The summed E-state index contributed by atoms with van der Waals surface area (Å²) < 4.78 is 35.2. The van der Waals surface area contributed by atoms with Crippen LogP contribution in [0.3, 0.4) is 0 Å². The van der Waals surface area contributed by atoms with Gasteiger partial charge in [0, 0.05) is 29.0 Å². The van der Waals surface area contributed by atoms with Crippen LogP contribution in [0.2, 0.25) is 5.02 Å². The minimum absolute atomic E-state index is 0.00647. The third kappa shape index (κ3) is 7.35. The monoisotopic (exact) mass is 594 g/mol. The number of carbonyl (C=O) groups is 1. The number of sulfonamides is 1. The molecule has 8 nitrogen and oxygen atoms in total. The van der Waals surface area contributed by atoms with Crippen LogP contribution in [0.4, 0.5) is 5.95 Å². The molecule has 1 aromatic heterocycles. The number of amides is 1. The average molecular weight is 595 g/mol. The van der Waals surface area contributed by atoms with E-state index in [1.807, 2.05) is 68.6 Å². The molecule has 3 aromatic carbocycles. The Morgan fingerprint density at radius 2 is 1.61 bits per heavy atom. The Morgan fingerprint density at radius 3 is 2.17 bits per heavy atom. The molecule has 10 heteroatoms. The first-order valence-corrected chi connectivity index (χ1v) is 15.2. The number of nitrogens with one attached hydrogen (secondary N) is 1. The van der Waals surface area contributed by atoms with Gasteiger partial charge in [-0.1, -0.05) is 51.4 Å². The number of nitrogens with zero attached hydrogens (tertiary/aromatic N) is 3. The summed E-state index contributed by atoms with van der Waals surface area (Å²) in [5, 5.41) is 3.29. The number of carbonyl (C=O) groups excluding carboxylic acids is 1. The second-order valence-electron chi connectivity index (χ2n) is 10.5. The fourth-order valence-electron chi connectivity index (χ4n) is 4.32. The summed E-state index contributed by atoms with van der Waals surface area (Å²) in [6.45, 7) is 7.84. The van der Waals surface area contributed by atoms with Crippen molar-refractivity contribution in [1.82, 2.24) is 13.9 Å². The van der Waals surface area contributed by atoms with Gasteiger partial charge in [-0.2, -0.15) is 4.31 Å². The fourth-order valence-corrected chi connectivity index (χ4v) is 6.01. The summed E-state index contributed by atoms with van der Waals surface area (Å²) in [6, 6.07) is 21.4. The summed E-state index contributed by atoms with van der Waals surface area (Å²) in [5.41, 5.74) is 3.48. The molecule has 0 saturated heterocycles. The minimum atomic E-state index is -3.95. The number of rotatable bonds is 11. The average Bonchev–Trinajstić information content (AvgIpc) is 3.36. The predicted molar refractivity (Wildman–Crippen MR) is 163 cm³/mol. The molecule has 1 heterocycles. The fraction of sp³-hybridized carbons (Fsp3) is 0.290. The lowest BCUT2D eigenvalue weighted by Crippen LogP contribution is -2.40. The van der Waals surface area contributed by atoms with Crippen molar-refractivity contribution in [1.29, 1.82) is 0 Å². The Bertz CT molecular complexity index is 1580. The highest BCUT2D eigenvalue weighted by molar-refractivity contribution is 7.89. The van der Waals surface area contributed by atoms with E-state index in [9.17, 15) is 13.2 Å². The molecule has 4 aromatic rings. The maximum atomic E-state index is 13.5. The second-order valence-corrected chi connectivity index (χ2v) is 12.9. The Morgan fingerprint density at radius 1 is 0.976 bits per heavy atom. The van der Waals surface area contributed by atoms with Gasteiger partial charge in [-0.3, -0.25) is 14.7 Å². The van der Waals surface area contributed by atoms with E-state index in [1.54, 1.807) is 11.7 Å². The Hall–Kier alpha value is -3.66. The molecule has 0 aliphatic rings. The van der Waals surface area contributed by atoms with Crippen LogP contribution in [0.1, 0.15) is 39.2 Å². The van der Waals surface area contributed by atoms with Crippen molar-refractivity contribution in [3.05, 3.63) is 89.6 Å². The summed E-state index contributed by atoms with van der Waals surface area (Å²) in [4.78, 5) is 18.2. The van der Waals surface area contributed by atoms with Crippen LogP contribution in [0.25, 0.3) is 16.9 Å². The van der Waals surface area contributed by atoms with Crippen molar-refractivity contribution in [2.75, 3.05) is 25.5 Å². The summed E-state index contributed by atoms with van der Waals surface area (Å²) in [5.74, 6) is 0.864. The van der Waals surface area contributed by atoms with E-state index in [1.165, 1.54) is 34.1 Å². The largest absolute Gasteiger partial charge is 0.497 e. The van der Waals surface area contributed by atoms with Crippen LogP contribution >= 0.6 is 11.6 Å². The molecule has 216 valence electrons. The lowest BCUT2D eigenvalue weighted by Gasteiger charge is -2.23. The maximum Gasteiger partial charge on any atom is 0.243 e. The molecule has 0 bridgehead atoms. The molecule has 0 radical (unpaired) electrons. The van der Waals surface area contributed by atoms with E-state index < -0.39 is 15.9 Å². The summed E-state index contributed by atoms with van der Waals surface area (Å²) in [6.07, 6.45) is 1.85. The van der Waals surface area contributed by atoms with E-state index in [2.05, 4.69) is 19.2 Å². The van der Waals surface area contributed by atoms with Gasteiger partial charge in [0.25, 0.3) is 0 Å². The second kappa shape index (κ2) is 12.9. The van der Waals surface area contributed by atoms with Crippen molar-refractivity contribution >= 4 is 33.5 Å². The molecular weight excluding hydrogens is 560 g/mol. The number of aromatic nitrogens is 2. The lowest BCUT2D eigenvalue weighted by molar-refractivity contribution is -0.116. The predicted octanol–water partition coefficient (Wildman–Crippen LogP) is 6.61. The van der Waals surface area contributed by atoms with Gasteiger partial charge in [0.05, 0.1) is 24.2 Å². The standard InChI is InChI=1S/C31H35ClN4O4S/c1-21(2)18-35(41(38,39)28-16-10-25(32)11-17-28)20-30(37)34-31-33-29(24-8-14-27(40-5)15-9-24)19-36(31)26-12-6-23(7-13-26)22(3)4/h6-17,19,21-22H,18,20H2,1-5H3,(H,33,34,37). The number of methoxy groups -OCH3 is 1. The number of ether oxygens (including phenoxy) is 1. The van der Waals surface area contributed by atoms with Crippen molar-refractivity contribution in [3.8, 4) is 22.7 Å². The first kappa shape index (κ1) is 30.3. The molecule has 0 aliphatic carbocycles. The molecule has 0 fully saturated rings. The topological polar surface area (TPSA) is 93.5 Å². The number of hydrogen-bond donors (Lipinski definition) is 1. The zero-order valence-corrected chi connectivity index (χ0v) is 25.4. The lowest BCUT2D eigenvalue weighted by atomic mass is 10.0. The van der Waals surface area contributed by atoms with Crippen molar-refractivity contribution in [3.63, 3.8) is 0 Å². The Labute approximate surface area is 247 Å². The van der Waals surface area contributed by atoms with Crippen LogP contribution in [0.5, 0.6) is 5.75 Å². The van der Waals surface area contributed by atoms with E-state index in [0.29, 0.717) is 16.6 Å². The Balaban J connectivity index is 1.66. The molecule has 0 atom stereocenters. The number of hydrogen-bond acceptors (Lipinski definition) is 5. The van der Waals surface area contributed by atoms with Gasteiger partial charge in [-0.15, -0.1) is 0 Å². The summed E-state index contributed by atoms with van der Waals surface area (Å²) >= 11 is 5.96. The first-order chi connectivity index (χ1) is 19.5. The zero-order chi connectivity index (χ0) is 29.7. The van der Waals surface area contributed by atoms with Crippen LogP contribution < -0.4 is 10.1 Å². The van der Waals surface area contributed by atoms with Crippen LogP contribution in [0, 0.1) is 5.92 Å². The number of imidazole rings is 1. The van der Waals surface area contributed by atoms with Gasteiger partial charge in [-0.05, 0) is 78.1 Å². The molecular formula is C31H35ClN4O4S. The Kier molecular flexibility index (Phi) is 9.53. The van der Waals surface area contributed by atoms with Crippen LogP contribution in [0.15, 0.2) is 83.9 Å². The molecule has 1 N–H and O–H groups in total. The van der Waals surface area contributed by atoms with Gasteiger partial charge >= 0.3 is 0 Å². The molecule has 0 unspecified atom stereocenters. The third-order valence-corrected chi connectivity index (χ3v) is 8.60. The number of halogens is 1. The SMILES string of the molecule is COc1ccc(-c2cn(-c3ccc(C(C)C)cc3)c(NC(=O)CN(CC(C)C)S(=O)(=O)c3ccc(Cl)cc3)n2)cc1. The maximum absolute atomic E-state index is 13.5. The zero-order valence-electron chi connectivity index (χ0n) is 23.8. The molecule has 1 amide bonds. The van der Waals surface area contributed by atoms with Crippen LogP contribution in [-0.4, -0.2) is 48.4 Å². The number of anilines is 1. The molecule has 0 saturated carbocycles. The minimum Gasteiger partial charge on any atom is -0.497 e. The highest BCUT2D eigenvalue weighted by atomic mass is 35.5. The van der Waals surface area contributed by atoms with E-state index in [0.717, 1.165) is 17.0 Å².